The molecule has 0 aliphatic heterocycles. The molecule has 0 aliphatic carbocycles. The van der Waals surface area contributed by atoms with E-state index in [2.05, 4.69) is 83.4 Å². The quantitative estimate of drug-likeness (QED) is 0.331. The highest BCUT2D eigenvalue weighted by Gasteiger charge is 2.19. The molecule has 35 heavy (non-hydrogen) atoms. The van der Waals surface area contributed by atoms with Crippen LogP contribution in [0.1, 0.15) is 18.1 Å². The highest BCUT2D eigenvalue weighted by molar-refractivity contribution is 5.87. The van der Waals surface area contributed by atoms with Crippen LogP contribution in [0.5, 0.6) is 0 Å². The maximum Gasteiger partial charge on any atom is 0.237 e. The Balaban J connectivity index is 1.43. The number of Topliss-reactive ketones (excluding diaryl/α,β-unsaturated/α-hetero) is 1. The second-order valence-electron chi connectivity index (χ2n) is 8.68. The molecule has 0 spiro atoms. The molecule has 1 amide bonds. The molecule has 0 aliphatic rings. The highest BCUT2D eigenvalue weighted by atomic mass is 16.2. The summed E-state index contributed by atoms with van der Waals surface area (Å²) in [5.74, 6) is -0.242. The minimum absolute atomic E-state index is 0.0374. The van der Waals surface area contributed by atoms with Crippen LogP contribution in [-0.4, -0.2) is 24.3 Å². The number of amides is 1. The fraction of sp³-hybridized carbons (Fsp3) is 0.161. The third-order valence-electron chi connectivity index (χ3n) is 5.94. The van der Waals surface area contributed by atoms with Gasteiger partial charge < -0.3 is 10.6 Å². The molecule has 0 aromatic heterocycles. The van der Waals surface area contributed by atoms with Crippen molar-refractivity contribution in [3.63, 3.8) is 0 Å². The molecule has 4 aromatic carbocycles. The number of nitrogens with one attached hydrogen (secondary N) is 2. The average Bonchev–Trinajstić information content (AvgIpc) is 2.91. The monoisotopic (exact) mass is 462 g/mol. The lowest BCUT2D eigenvalue weighted by Gasteiger charge is -2.19. The fourth-order valence-corrected chi connectivity index (χ4v) is 3.98. The van der Waals surface area contributed by atoms with E-state index < -0.39 is 6.04 Å². The molecular formula is C31H30N2O2. The molecule has 0 radical (unpaired) electrons. The van der Waals surface area contributed by atoms with Crippen molar-refractivity contribution in [2.45, 2.75) is 25.9 Å². The van der Waals surface area contributed by atoms with Gasteiger partial charge >= 0.3 is 0 Å². The molecule has 0 bridgehead atoms. The first-order chi connectivity index (χ1) is 17.1. The van der Waals surface area contributed by atoms with Crippen LogP contribution in [0.3, 0.4) is 0 Å². The lowest BCUT2D eigenvalue weighted by atomic mass is 10.00. The zero-order valence-electron chi connectivity index (χ0n) is 19.9. The van der Waals surface area contributed by atoms with Crippen LogP contribution in [0.4, 0.5) is 0 Å². The van der Waals surface area contributed by atoms with Crippen molar-refractivity contribution in [1.29, 1.82) is 0 Å². The van der Waals surface area contributed by atoms with E-state index in [4.69, 9.17) is 0 Å². The second-order valence-corrected chi connectivity index (χ2v) is 8.68. The van der Waals surface area contributed by atoms with Crippen LogP contribution < -0.4 is 10.6 Å². The van der Waals surface area contributed by atoms with Crippen molar-refractivity contribution in [3.8, 4) is 22.3 Å². The van der Waals surface area contributed by atoms with Crippen LogP contribution in [-0.2, 0) is 22.6 Å². The molecule has 1 atom stereocenters. The van der Waals surface area contributed by atoms with Crippen molar-refractivity contribution in [2.75, 3.05) is 6.54 Å². The van der Waals surface area contributed by atoms with Gasteiger partial charge in [0.05, 0.1) is 12.6 Å². The van der Waals surface area contributed by atoms with E-state index in [0.717, 1.165) is 27.8 Å². The van der Waals surface area contributed by atoms with E-state index in [-0.39, 0.29) is 18.2 Å². The number of rotatable bonds is 10. The second kappa shape index (κ2) is 11.9. The summed E-state index contributed by atoms with van der Waals surface area (Å²) in [5, 5.41) is 6.15. The van der Waals surface area contributed by atoms with Crippen LogP contribution in [0.25, 0.3) is 22.3 Å². The summed E-state index contributed by atoms with van der Waals surface area (Å²) in [7, 11) is 0. The Morgan fingerprint density at radius 1 is 0.629 bits per heavy atom. The third-order valence-corrected chi connectivity index (χ3v) is 5.94. The van der Waals surface area contributed by atoms with Gasteiger partial charge in [0.15, 0.2) is 0 Å². The summed E-state index contributed by atoms with van der Waals surface area (Å²) < 4.78 is 0. The smallest absolute Gasteiger partial charge is 0.237 e. The van der Waals surface area contributed by atoms with Crippen molar-refractivity contribution < 1.29 is 9.59 Å². The molecule has 0 heterocycles. The summed E-state index contributed by atoms with van der Waals surface area (Å²) >= 11 is 0. The molecule has 4 nitrogen and oxygen atoms in total. The Kier molecular flexibility index (Phi) is 8.21. The molecule has 176 valence electrons. The van der Waals surface area contributed by atoms with Gasteiger partial charge in [-0.15, -0.1) is 0 Å². The number of hydrogen-bond donors (Lipinski definition) is 2. The Hall–Kier alpha value is -4.02. The molecule has 0 saturated heterocycles. The Morgan fingerprint density at radius 2 is 1.09 bits per heavy atom. The van der Waals surface area contributed by atoms with Gasteiger partial charge in [0.1, 0.15) is 5.78 Å². The van der Waals surface area contributed by atoms with Gasteiger partial charge in [-0.25, -0.2) is 0 Å². The van der Waals surface area contributed by atoms with Gasteiger partial charge in [-0.1, -0.05) is 109 Å². The van der Waals surface area contributed by atoms with Crippen molar-refractivity contribution in [2.24, 2.45) is 0 Å². The Labute approximate surface area is 207 Å². The largest absolute Gasteiger partial charge is 0.348 e. The maximum absolute atomic E-state index is 12.9. The van der Waals surface area contributed by atoms with E-state index in [1.54, 1.807) is 0 Å². The summed E-state index contributed by atoms with van der Waals surface area (Å²) in [6.45, 7) is 2.06. The number of benzene rings is 4. The van der Waals surface area contributed by atoms with Crippen LogP contribution in [0, 0.1) is 0 Å². The van der Waals surface area contributed by atoms with Gasteiger partial charge in [0.25, 0.3) is 0 Å². The summed E-state index contributed by atoms with van der Waals surface area (Å²) in [5.41, 5.74) is 6.77. The van der Waals surface area contributed by atoms with Crippen molar-refractivity contribution >= 4 is 11.7 Å². The predicted molar refractivity (Wildman–Crippen MR) is 142 cm³/mol. The highest BCUT2D eigenvalue weighted by Crippen LogP contribution is 2.21. The van der Waals surface area contributed by atoms with Crippen molar-refractivity contribution in [3.05, 3.63) is 120 Å². The molecule has 0 saturated carbocycles. The molecule has 2 N–H and O–H groups in total. The van der Waals surface area contributed by atoms with E-state index in [9.17, 15) is 9.59 Å². The van der Waals surface area contributed by atoms with Gasteiger partial charge in [-0.2, -0.15) is 0 Å². The van der Waals surface area contributed by atoms with E-state index in [0.29, 0.717) is 13.0 Å². The van der Waals surface area contributed by atoms with E-state index in [1.165, 1.54) is 12.5 Å². The lowest BCUT2D eigenvalue weighted by molar-refractivity contribution is -0.126. The minimum Gasteiger partial charge on any atom is -0.348 e. The first-order valence-corrected chi connectivity index (χ1v) is 11.9. The lowest BCUT2D eigenvalue weighted by Crippen LogP contribution is -2.46. The van der Waals surface area contributed by atoms with Gasteiger partial charge in [0, 0.05) is 6.54 Å². The first kappa shape index (κ1) is 24.1. The molecule has 0 fully saturated rings. The average molecular weight is 463 g/mol. The maximum atomic E-state index is 12.9. The third kappa shape index (κ3) is 6.98. The first-order valence-electron chi connectivity index (χ1n) is 11.9. The molecular weight excluding hydrogens is 432 g/mol. The van der Waals surface area contributed by atoms with E-state index in [1.807, 2.05) is 36.4 Å². The molecule has 4 heteroatoms. The molecule has 4 rings (SSSR count). The number of carbonyl (C=O) groups is 2. The molecule has 1 unspecified atom stereocenters. The topological polar surface area (TPSA) is 58.2 Å². The van der Waals surface area contributed by atoms with Crippen molar-refractivity contribution in [1.82, 2.24) is 10.6 Å². The summed E-state index contributed by atoms with van der Waals surface area (Å²) in [6.07, 6.45) is 0.529. The number of carbonyl (C=O) groups excluding carboxylic acids is 2. The predicted octanol–water partition coefficient (Wildman–Crippen LogP) is 5.43. The van der Waals surface area contributed by atoms with Gasteiger partial charge in [-0.3, -0.25) is 9.59 Å². The zero-order chi connectivity index (χ0) is 24.5. The standard InChI is InChI=1S/C31H30N2O2/c1-23(34)21-33-31(35)30(20-24-12-16-28(17-13-24)26-8-4-2-5-9-26)32-22-25-14-18-29(19-15-25)27-10-6-3-7-11-27/h2-19,30,32H,20-22H2,1H3,(H,33,35). The number of ketones is 1. The van der Waals surface area contributed by atoms with E-state index >= 15 is 0 Å². The van der Waals surface area contributed by atoms with Crippen LogP contribution in [0.2, 0.25) is 0 Å². The fourth-order valence-electron chi connectivity index (χ4n) is 3.98. The number of hydrogen-bond acceptors (Lipinski definition) is 3. The van der Waals surface area contributed by atoms with Crippen LogP contribution in [0.15, 0.2) is 109 Å². The van der Waals surface area contributed by atoms with Gasteiger partial charge in [0.2, 0.25) is 5.91 Å². The Bertz CT molecular complexity index is 1230. The molecule has 4 aromatic rings. The van der Waals surface area contributed by atoms with Crippen LogP contribution >= 0.6 is 0 Å². The Morgan fingerprint density at radius 3 is 1.57 bits per heavy atom. The summed E-state index contributed by atoms with van der Waals surface area (Å²) in [6, 6.07) is 36.6. The zero-order valence-corrected chi connectivity index (χ0v) is 19.9. The SMILES string of the molecule is CC(=O)CNC(=O)C(Cc1ccc(-c2ccccc2)cc1)NCc1ccc(-c2ccccc2)cc1. The summed E-state index contributed by atoms with van der Waals surface area (Å²) in [4.78, 5) is 24.3. The van der Waals surface area contributed by atoms with Gasteiger partial charge in [-0.05, 0) is 46.7 Å². The minimum atomic E-state index is -0.453. The normalized spacial score (nSPS) is 11.6.